The van der Waals surface area contributed by atoms with Gasteiger partial charge in [0.1, 0.15) is 11.5 Å². The largest absolute Gasteiger partial charge is 0.507 e. The number of hydrogen-bond donors (Lipinski definition) is 1. The second kappa shape index (κ2) is 10.5. The van der Waals surface area contributed by atoms with E-state index in [1.54, 1.807) is 43.3 Å². The van der Waals surface area contributed by atoms with E-state index >= 15 is 0 Å². The van der Waals surface area contributed by atoms with Gasteiger partial charge in [0.2, 0.25) is 0 Å². The van der Waals surface area contributed by atoms with Crippen LogP contribution < -0.4 is 19.1 Å². The first-order valence-electron chi connectivity index (χ1n) is 11.0. The van der Waals surface area contributed by atoms with Gasteiger partial charge in [-0.3, -0.25) is 14.5 Å². The van der Waals surface area contributed by atoms with Crippen molar-refractivity contribution >= 4 is 57.9 Å². The van der Waals surface area contributed by atoms with Crippen LogP contribution in [-0.2, 0) is 9.59 Å². The molecule has 37 heavy (non-hydrogen) atoms. The van der Waals surface area contributed by atoms with Crippen LogP contribution in [0.15, 0.2) is 54.1 Å². The third-order valence-corrected chi connectivity index (χ3v) is 7.04. The number of anilines is 1. The Kier molecular flexibility index (Phi) is 7.59. The smallest absolute Gasteiger partial charge is 0.300 e. The van der Waals surface area contributed by atoms with Crippen molar-refractivity contribution in [3.8, 4) is 17.2 Å². The van der Waals surface area contributed by atoms with E-state index in [-0.39, 0.29) is 26.9 Å². The minimum absolute atomic E-state index is 0.0614. The number of amides is 1. The Morgan fingerprint density at radius 3 is 2.24 bits per heavy atom. The molecular formula is C27H22Cl3NO6. The Morgan fingerprint density at radius 1 is 0.892 bits per heavy atom. The zero-order chi connectivity index (χ0) is 27.0. The highest BCUT2D eigenvalue weighted by molar-refractivity contribution is 6.52. The molecule has 1 aliphatic rings. The first-order valence-corrected chi connectivity index (χ1v) is 12.1. The Labute approximate surface area is 228 Å². The number of benzene rings is 3. The highest BCUT2D eigenvalue weighted by Gasteiger charge is 2.48. The second-order valence-electron chi connectivity index (χ2n) is 8.14. The van der Waals surface area contributed by atoms with Crippen LogP contribution in [0, 0.1) is 6.92 Å². The van der Waals surface area contributed by atoms with Crippen LogP contribution in [0.4, 0.5) is 5.69 Å². The summed E-state index contributed by atoms with van der Waals surface area (Å²) in [5.74, 6) is -1.34. The molecule has 1 saturated heterocycles. The maximum Gasteiger partial charge on any atom is 0.300 e. The molecule has 3 aromatic carbocycles. The molecule has 1 amide bonds. The normalized spacial score (nSPS) is 16.7. The fourth-order valence-electron chi connectivity index (χ4n) is 4.37. The summed E-state index contributed by atoms with van der Waals surface area (Å²) in [7, 11) is 4.33. The fraction of sp³-hybridized carbons (Fsp3) is 0.185. The molecule has 4 rings (SSSR count). The van der Waals surface area contributed by atoms with Crippen molar-refractivity contribution in [3.63, 3.8) is 0 Å². The summed E-state index contributed by atoms with van der Waals surface area (Å²) in [4.78, 5) is 28.3. The summed E-state index contributed by atoms with van der Waals surface area (Å²) in [5.41, 5.74) is 1.34. The quantitative estimate of drug-likeness (QED) is 0.207. The number of rotatable bonds is 6. The molecule has 1 N–H and O–H groups in total. The van der Waals surface area contributed by atoms with Crippen LogP contribution in [0.5, 0.6) is 17.2 Å². The summed E-state index contributed by atoms with van der Waals surface area (Å²) >= 11 is 18.9. The van der Waals surface area contributed by atoms with Crippen LogP contribution in [-0.4, -0.2) is 38.1 Å². The van der Waals surface area contributed by atoms with Crippen molar-refractivity contribution in [2.45, 2.75) is 13.0 Å². The van der Waals surface area contributed by atoms with Gasteiger partial charge in [-0.05, 0) is 54.4 Å². The van der Waals surface area contributed by atoms with Gasteiger partial charge in [-0.1, -0.05) is 46.9 Å². The molecule has 1 atom stereocenters. The molecule has 10 heteroatoms. The first kappa shape index (κ1) is 26.7. The van der Waals surface area contributed by atoms with Crippen LogP contribution in [0.3, 0.4) is 0 Å². The van der Waals surface area contributed by atoms with Crippen LogP contribution in [0.2, 0.25) is 15.1 Å². The lowest BCUT2D eigenvalue weighted by atomic mass is 9.94. The predicted molar refractivity (Wildman–Crippen MR) is 144 cm³/mol. The van der Waals surface area contributed by atoms with Crippen molar-refractivity contribution in [1.82, 2.24) is 0 Å². The molecule has 1 heterocycles. The van der Waals surface area contributed by atoms with Gasteiger partial charge in [0.05, 0.1) is 43.5 Å². The number of carbonyl (C=O) groups is 2. The molecular weight excluding hydrogens is 541 g/mol. The van der Waals surface area contributed by atoms with E-state index in [4.69, 9.17) is 49.0 Å². The molecule has 7 nitrogen and oxygen atoms in total. The monoisotopic (exact) mass is 561 g/mol. The molecule has 0 spiro atoms. The van der Waals surface area contributed by atoms with E-state index in [1.165, 1.54) is 38.4 Å². The van der Waals surface area contributed by atoms with Gasteiger partial charge in [0.25, 0.3) is 11.7 Å². The Hall–Kier alpha value is -3.39. The van der Waals surface area contributed by atoms with Crippen molar-refractivity contribution in [3.05, 3.63) is 85.9 Å². The van der Waals surface area contributed by atoms with E-state index in [1.807, 2.05) is 0 Å². The molecule has 0 aliphatic carbocycles. The number of carbonyl (C=O) groups excluding carboxylic acids is 2. The number of nitrogens with zero attached hydrogens (tertiary/aromatic N) is 1. The van der Waals surface area contributed by atoms with E-state index in [2.05, 4.69) is 0 Å². The number of aliphatic hydroxyl groups is 1. The summed E-state index contributed by atoms with van der Waals surface area (Å²) < 4.78 is 16.2. The lowest BCUT2D eigenvalue weighted by molar-refractivity contribution is -0.132. The Bertz CT molecular complexity index is 1450. The number of methoxy groups -OCH3 is 3. The zero-order valence-corrected chi connectivity index (χ0v) is 22.5. The number of ketones is 1. The number of halogens is 3. The number of aliphatic hydroxyl groups excluding tert-OH is 1. The number of hydrogen-bond acceptors (Lipinski definition) is 6. The van der Waals surface area contributed by atoms with Gasteiger partial charge in [-0.15, -0.1) is 0 Å². The van der Waals surface area contributed by atoms with Gasteiger partial charge in [0.15, 0.2) is 11.5 Å². The second-order valence-corrected chi connectivity index (χ2v) is 9.39. The molecule has 0 saturated carbocycles. The molecule has 0 aromatic heterocycles. The molecule has 1 unspecified atom stereocenters. The third kappa shape index (κ3) is 4.59. The maximum absolute atomic E-state index is 13.5. The highest BCUT2D eigenvalue weighted by atomic mass is 35.5. The summed E-state index contributed by atoms with van der Waals surface area (Å²) in [6, 6.07) is 11.8. The minimum atomic E-state index is -1.06. The molecule has 3 aromatic rings. The Balaban J connectivity index is 2.06. The zero-order valence-electron chi connectivity index (χ0n) is 20.3. The van der Waals surface area contributed by atoms with Gasteiger partial charge >= 0.3 is 0 Å². The van der Waals surface area contributed by atoms with Crippen molar-refractivity contribution in [2.75, 3.05) is 26.2 Å². The summed E-state index contributed by atoms with van der Waals surface area (Å²) in [6.07, 6.45) is 0. The molecule has 0 bridgehead atoms. The standard InChI is InChI=1S/C27H22Cl3NO6/c1-13-17(29)6-5-7-19(13)31-23(14-8-9-20(35-2)21(10-14)36-3)22(25(33)27(31)34)24(32)16-11-15(28)12-18(30)26(16)37-4/h5-12,23,32H,1-4H3/b24-22+. The Morgan fingerprint density at radius 2 is 1.59 bits per heavy atom. The predicted octanol–water partition coefficient (Wildman–Crippen LogP) is 6.61. The molecule has 1 fully saturated rings. The summed E-state index contributed by atoms with van der Waals surface area (Å²) in [6.45, 7) is 1.74. The van der Waals surface area contributed by atoms with Gasteiger partial charge in [-0.25, -0.2) is 0 Å². The van der Waals surface area contributed by atoms with Crippen LogP contribution >= 0.6 is 34.8 Å². The van der Waals surface area contributed by atoms with Crippen molar-refractivity contribution < 1.29 is 28.9 Å². The topological polar surface area (TPSA) is 85.3 Å². The minimum Gasteiger partial charge on any atom is -0.507 e. The highest BCUT2D eigenvalue weighted by Crippen LogP contribution is 2.47. The van der Waals surface area contributed by atoms with E-state index in [0.717, 1.165) is 0 Å². The van der Waals surface area contributed by atoms with Crippen molar-refractivity contribution in [1.29, 1.82) is 0 Å². The van der Waals surface area contributed by atoms with Crippen LogP contribution in [0.1, 0.15) is 22.7 Å². The van der Waals surface area contributed by atoms with E-state index in [0.29, 0.717) is 33.3 Å². The average Bonchev–Trinajstić information content (AvgIpc) is 3.14. The lowest BCUT2D eigenvalue weighted by Gasteiger charge is -2.27. The molecule has 192 valence electrons. The van der Waals surface area contributed by atoms with Gasteiger partial charge in [-0.2, -0.15) is 0 Å². The third-order valence-electron chi connectivity index (χ3n) is 6.13. The lowest BCUT2D eigenvalue weighted by Crippen LogP contribution is -2.30. The van der Waals surface area contributed by atoms with Gasteiger partial charge in [0, 0.05) is 15.7 Å². The van der Waals surface area contributed by atoms with Crippen molar-refractivity contribution in [2.24, 2.45) is 0 Å². The molecule has 1 aliphatic heterocycles. The van der Waals surface area contributed by atoms with E-state index < -0.39 is 23.5 Å². The number of ether oxygens (including phenoxy) is 3. The SMILES string of the molecule is COc1ccc(C2/C(=C(\O)c3cc(Cl)cc(Cl)c3OC)C(=O)C(=O)N2c2cccc(Cl)c2C)cc1OC. The molecule has 0 radical (unpaired) electrons. The first-order chi connectivity index (χ1) is 17.6. The van der Waals surface area contributed by atoms with Crippen LogP contribution in [0.25, 0.3) is 5.76 Å². The van der Waals surface area contributed by atoms with E-state index in [9.17, 15) is 14.7 Å². The maximum atomic E-state index is 13.5. The summed E-state index contributed by atoms with van der Waals surface area (Å²) in [5, 5.41) is 12.3. The number of Topliss-reactive ketones (excluding diaryl/α,β-unsaturated/α-hetero) is 1. The fourth-order valence-corrected chi connectivity index (χ4v) is 5.11. The van der Waals surface area contributed by atoms with Gasteiger partial charge < -0.3 is 19.3 Å². The average molecular weight is 563 g/mol.